The Bertz CT molecular complexity index is 1430. The quantitative estimate of drug-likeness (QED) is 0.134. The number of ether oxygens (including phenoxy) is 2. The highest BCUT2D eigenvalue weighted by atomic mass is 16.6. The van der Waals surface area contributed by atoms with E-state index in [1.54, 1.807) is 18.2 Å². The van der Waals surface area contributed by atoms with Crippen molar-refractivity contribution < 1.29 is 33.8 Å². The minimum atomic E-state index is -1.32. The summed E-state index contributed by atoms with van der Waals surface area (Å²) >= 11 is 0. The zero-order chi connectivity index (χ0) is 33.9. The van der Waals surface area contributed by atoms with Crippen LogP contribution in [0.15, 0.2) is 116 Å². The molecule has 0 fully saturated rings. The molecule has 248 valence electrons. The van der Waals surface area contributed by atoms with Crippen LogP contribution < -0.4 is 5.32 Å². The van der Waals surface area contributed by atoms with Crippen LogP contribution in [0.2, 0.25) is 0 Å². The van der Waals surface area contributed by atoms with Gasteiger partial charge in [-0.15, -0.1) is 13.2 Å². The molecule has 3 rings (SSSR count). The molecule has 0 aromatic heterocycles. The maximum absolute atomic E-state index is 13.6. The zero-order valence-electron chi connectivity index (χ0n) is 26.7. The number of hydrogen-bond donors (Lipinski definition) is 2. The van der Waals surface area contributed by atoms with Gasteiger partial charge in [-0.25, -0.2) is 4.79 Å². The van der Waals surface area contributed by atoms with E-state index in [0.29, 0.717) is 12.8 Å². The summed E-state index contributed by atoms with van der Waals surface area (Å²) in [7, 11) is 0. The van der Waals surface area contributed by atoms with E-state index in [4.69, 9.17) is 9.47 Å². The molecule has 0 spiro atoms. The first-order valence-electron chi connectivity index (χ1n) is 15.7. The van der Waals surface area contributed by atoms with Crippen molar-refractivity contribution >= 4 is 23.8 Å². The van der Waals surface area contributed by atoms with Crippen molar-refractivity contribution in [1.82, 2.24) is 10.2 Å². The number of aliphatic hydroxyl groups is 1. The molecule has 2 amide bonds. The van der Waals surface area contributed by atoms with E-state index in [1.807, 2.05) is 78.9 Å². The van der Waals surface area contributed by atoms with Crippen LogP contribution in [-0.2, 0) is 48.2 Å². The molecule has 0 bridgehead atoms. The topological polar surface area (TPSA) is 122 Å². The van der Waals surface area contributed by atoms with Crippen LogP contribution in [0.3, 0.4) is 0 Å². The second kappa shape index (κ2) is 20.2. The number of benzene rings is 3. The summed E-state index contributed by atoms with van der Waals surface area (Å²) in [6, 6.07) is 26.5. The number of rotatable bonds is 20. The monoisotopic (exact) mass is 640 g/mol. The Kier molecular flexibility index (Phi) is 15.6. The third kappa shape index (κ3) is 12.7. The van der Waals surface area contributed by atoms with E-state index in [0.717, 1.165) is 16.7 Å². The largest absolute Gasteiger partial charge is 0.463 e. The summed E-state index contributed by atoms with van der Waals surface area (Å²) in [5.41, 5.74) is 2.57. The van der Waals surface area contributed by atoms with Crippen LogP contribution in [0.5, 0.6) is 0 Å². The SMILES string of the molecule is C=CC[C@H](CC(=O)N(CCO)Cc1ccccc1)C(=O)N[C@H](COC(=O)[C@H](CC=C)Cc1ccccc1)C(=O)OCc1ccccc1. The Labute approximate surface area is 276 Å². The van der Waals surface area contributed by atoms with Gasteiger partial charge in [0.05, 0.1) is 18.4 Å². The molecule has 47 heavy (non-hydrogen) atoms. The van der Waals surface area contributed by atoms with Crippen molar-refractivity contribution in [3.63, 3.8) is 0 Å². The smallest absolute Gasteiger partial charge is 0.332 e. The second-order valence-electron chi connectivity index (χ2n) is 11.1. The Morgan fingerprint density at radius 1 is 0.745 bits per heavy atom. The van der Waals surface area contributed by atoms with Crippen LogP contribution in [0, 0.1) is 11.8 Å². The molecule has 0 radical (unpaired) electrons. The van der Waals surface area contributed by atoms with Crippen molar-refractivity contribution in [1.29, 1.82) is 0 Å². The number of allylic oxidation sites excluding steroid dienone is 2. The van der Waals surface area contributed by atoms with Gasteiger partial charge in [-0.3, -0.25) is 14.4 Å². The lowest BCUT2D eigenvalue weighted by atomic mass is 9.96. The normalized spacial score (nSPS) is 12.5. The maximum atomic E-state index is 13.6. The van der Waals surface area contributed by atoms with Crippen molar-refractivity contribution in [3.8, 4) is 0 Å². The summed E-state index contributed by atoms with van der Waals surface area (Å²) in [6.07, 6.45) is 3.90. The first-order valence-corrected chi connectivity index (χ1v) is 15.7. The Balaban J connectivity index is 1.73. The van der Waals surface area contributed by atoms with Crippen LogP contribution >= 0.6 is 0 Å². The molecule has 0 unspecified atom stereocenters. The average Bonchev–Trinajstić information content (AvgIpc) is 3.09. The molecule has 0 aliphatic carbocycles. The highest BCUT2D eigenvalue weighted by Gasteiger charge is 2.31. The van der Waals surface area contributed by atoms with Crippen LogP contribution in [0.25, 0.3) is 0 Å². The summed E-state index contributed by atoms with van der Waals surface area (Å²) in [5, 5.41) is 12.3. The molecule has 3 aromatic carbocycles. The molecular weight excluding hydrogens is 596 g/mol. The molecule has 0 saturated heterocycles. The number of hydrogen-bond acceptors (Lipinski definition) is 7. The molecule has 0 aliphatic rings. The van der Waals surface area contributed by atoms with Gasteiger partial charge in [0, 0.05) is 19.5 Å². The van der Waals surface area contributed by atoms with Crippen molar-refractivity contribution in [2.24, 2.45) is 11.8 Å². The van der Waals surface area contributed by atoms with Gasteiger partial charge in [0.25, 0.3) is 0 Å². The number of esters is 2. The van der Waals surface area contributed by atoms with E-state index < -0.39 is 42.3 Å². The van der Waals surface area contributed by atoms with E-state index in [2.05, 4.69) is 18.5 Å². The number of nitrogens with zero attached hydrogens (tertiary/aromatic N) is 1. The van der Waals surface area contributed by atoms with Gasteiger partial charge in [0.1, 0.15) is 13.2 Å². The fourth-order valence-corrected chi connectivity index (χ4v) is 4.97. The lowest BCUT2D eigenvalue weighted by Gasteiger charge is -2.25. The first-order chi connectivity index (χ1) is 22.8. The van der Waals surface area contributed by atoms with E-state index in [1.165, 1.54) is 11.0 Å². The number of carbonyl (C=O) groups excluding carboxylic acids is 4. The molecule has 3 atom stereocenters. The molecule has 0 heterocycles. The standard InChI is InChI=1S/C38H44N2O7/c1-3-14-32(25-35(42)40(22-23-41)26-30-18-10-6-11-19-30)36(43)39-34(38(45)46-27-31-20-12-7-13-21-31)28-47-37(44)33(15-4-2)24-29-16-8-5-9-17-29/h3-13,16-21,32-34,41H,1-2,14-15,22-28H2,(H,39,43)/t32-,33-,34-/m1/s1. The molecular formula is C38H44N2O7. The number of nitrogens with one attached hydrogen (secondary N) is 1. The lowest BCUT2D eigenvalue weighted by molar-refractivity contribution is -0.157. The van der Waals surface area contributed by atoms with Gasteiger partial charge in [0.2, 0.25) is 11.8 Å². The summed E-state index contributed by atoms with van der Waals surface area (Å²) in [6.45, 7) is 7.10. The third-order valence-electron chi connectivity index (χ3n) is 7.51. The Hall–Kier alpha value is -5.02. The highest BCUT2D eigenvalue weighted by Crippen LogP contribution is 2.17. The van der Waals surface area contributed by atoms with Gasteiger partial charge in [-0.2, -0.15) is 0 Å². The minimum Gasteiger partial charge on any atom is -0.463 e. The molecule has 9 nitrogen and oxygen atoms in total. The molecule has 9 heteroatoms. The van der Waals surface area contributed by atoms with Crippen LogP contribution in [-0.4, -0.2) is 59.6 Å². The second-order valence-corrected chi connectivity index (χ2v) is 11.1. The fourth-order valence-electron chi connectivity index (χ4n) is 4.97. The minimum absolute atomic E-state index is 0.0444. The number of amides is 2. The highest BCUT2D eigenvalue weighted by molar-refractivity contribution is 5.89. The summed E-state index contributed by atoms with van der Waals surface area (Å²) in [5.74, 6) is -3.67. The summed E-state index contributed by atoms with van der Waals surface area (Å²) < 4.78 is 11.1. The Morgan fingerprint density at radius 2 is 1.30 bits per heavy atom. The third-order valence-corrected chi connectivity index (χ3v) is 7.51. The van der Waals surface area contributed by atoms with Gasteiger partial charge in [-0.1, -0.05) is 103 Å². The molecule has 0 aliphatic heterocycles. The van der Waals surface area contributed by atoms with Gasteiger partial charge in [0.15, 0.2) is 6.04 Å². The van der Waals surface area contributed by atoms with E-state index >= 15 is 0 Å². The molecule has 3 aromatic rings. The van der Waals surface area contributed by atoms with Gasteiger partial charge in [-0.05, 0) is 36.0 Å². The van der Waals surface area contributed by atoms with E-state index in [9.17, 15) is 24.3 Å². The van der Waals surface area contributed by atoms with Crippen LogP contribution in [0.1, 0.15) is 36.0 Å². The first kappa shape index (κ1) is 36.4. The number of carbonyl (C=O) groups is 4. The maximum Gasteiger partial charge on any atom is 0.332 e. The predicted octanol–water partition coefficient (Wildman–Crippen LogP) is 4.80. The van der Waals surface area contributed by atoms with Crippen molar-refractivity contribution in [2.45, 2.75) is 44.9 Å². The van der Waals surface area contributed by atoms with Gasteiger partial charge < -0.3 is 24.8 Å². The van der Waals surface area contributed by atoms with Gasteiger partial charge >= 0.3 is 11.9 Å². The van der Waals surface area contributed by atoms with Crippen LogP contribution in [0.4, 0.5) is 0 Å². The predicted molar refractivity (Wildman–Crippen MR) is 179 cm³/mol. The van der Waals surface area contributed by atoms with Crippen molar-refractivity contribution in [3.05, 3.63) is 133 Å². The number of aliphatic hydroxyl groups excluding tert-OH is 1. The molecule has 2 N–H and O–H groups in total. The van der Waals surface area contributed by atoms with E-state index in [-0.39, 0.29) is 45.1 Å². The fraction of sp³-hybridized carbons (Fsp3) is 0.316. The average molecular weight is 641 g/mol. The molecule has 0 saturated carbocycles. The Morgan fingerprint density at radius 3 is 1.87 bits per heavy atom. The summed E-state index contributed by atoms with van der Waals surface area (Å²) in [4.78, 5) is 54.9. The lowest BCUT2D eigenvalue weighted by Crippen LogP contribution is -2.48. The zero-order valence-corrected chi connectivity index (χ0v) is 26.7. The van der Waals surface area contributed by atoms with Crippen molar-refractivity contribution in [2.75, 3.05) is 19.8 Å².